The average Bonchev–Trinajstić information content (AvgIpc) is 2.36. The van der Waals surface area contributed by atoms with E-state index >= 15 is 0 Å². The van der Waals surface area contributed by atoms with Gasteiger partial charge in [0.25, 0.3) is 0 Å². The van der Waals surface area contributed by atoms with E-state index in [0.717, 1.165) is 29.7 Å². The van der Waals surface area contributed by atoms with Crippen LogP contribution in [0.3, 0.4) is 0 Å². The van der Waals surface area contributed by atoms with Crippen LogP contribution < -0.4 is 10.1 Å². The largest absolute Gasteiger partial charge is 0.491 e. The maximum absolute atomic E-state index is 5.67. The summed E-state index contributed by atoms with van der Waals surface area (Å²) in [6.07, 6.45) is 0.765. The van der Waals surface area contributed by atoms with E-state index in [4.69, 9.17) is 4.74 Å². The lowest BCUT2D eigenvalue weighted by atomic mass is 10.2. The van der Waals surface area contributed by atoms with Gasteiger partial charge in [-0.2, -0.15) is 0 Å². The van der Waals surface area contributed by atoms with Gasteiger partial charge in [-0.1, -0.05) is 19.9 Å². The Morgan fingerprint density at radius 2 is 2.16 bits per heavy atom. The van der Waals surface area contributed by atoms with Crippen molar-refractivity contribution in [3.05, 3.63) is 28.2 Å². The molecule has 0 saturated carbocycles. The normalized spacial score (nSPS) is 10.2. The van der Waals surface area contributed by atoms with E-state index in [1.54, 1.807) is 0 Å². The van der Waals surface area contributed by atoms with Crippen molar-refractivity contribution in [3.8, 4) is 17.6 Å². The molecule has 0 saturated heterocycles. The van der Waals surface area contributed by atoms with E-state index in [2.05, 4.69) is 59.1 Å². The molecule has 3 heteroatoms. The summed E-state index contributed by atoms with van der Waals surface area (Å²) in [5, 5.41) is 3.43. The number of benzene rings is 1. The Balaban J connectivity index is 2.46. The second-order valence-electron chi connectivity index (χ2n) is 4.81. The molecule has 0 amide bonds. The van der Waals surface area contributed by atoms with Gasteiger partial charge in [-0.15, -0.1) is 11.8 Å². The molecular formula is C16H22BrNO. The quantitative estimate of drug-likeness (QED) is 0.605. The molecule has 1 aromatic rings. The van der Waals surface area contributed by atoms with Crippen LogP contribution in [0.5, 0.6) is 5.75 Å². The van der Waals surface area contributed by atoms with Crippen LogP contribution in [-0.4, -0.2) is 13.2 Å². The molecule has 0 aromatic heterocycles. The van der Waals surface area contributed by atoms with Crippen LogP contribution in [0.25, 0.3) is 0 Å². The fourth-order valence-electron chi connectivity index (χ4n) is 1.61. The molecule has 1 rings (SSSR count). The molecule has 1 aromatic carbocycles. The van der Waals surface area contributed by atoms with Gasteiger partial charge in [0.05, 0.1) is 11.1 Å². The van der Waals surface area contributed by atoms with Crippen molar-refractivity contribution in [2.75, 3.05) is 13.2 Å². The molecule has 0 bridgehead atoms. The van der Waals surface area contributed by atoms with Crippen LogP contribution in [0.15, 0.2) is 22.7 Å². The van der Waals surface area contributed by atoms with Crippen molar-refractivity contribution in [1.29, 1.82) is 0 Å². The van der Waals surface area contributed by atoms with Crippen LogP contribution >= 0.6 is 15.9 Å². The summed E-state index contributed by atoms with van der Waals surface area (Å²) in [7, 11) is 0. The summed E-state index contributed by atoms with van der Waals surface area (Å²) in [6.45, 7) is 8.81. The maximum Gasteiger partial charge on any atom is 0.133 e. The lowest BCUT2D eigenvalue weighted by Crippen LogP contribution is -2.18. The lowest BCUT2D eigenvalue weighted by Gasteiger charge is -2.10. The van der Waals surface area contributed by atoms with Crippen molar-refractivity contribution in [2.45, 2.75) is 33.7 Å². The standard InChI is InChI=1S/C16H22BrNO/c1-4-5-6-9-19-16-8-7-14(10-15(16)17)12-18-11-13(2)3/h7-8,10,13,18H,6,9,11-12H2,1-3H3. The summed E-state index contributed by atoms with van der Waals surface area (Å²) in [4.78, 5) is 0. The number of halogens is 1. The average molecular weight is 324 g/mol. The smallest absolute Gasteiger partial charge is 0.133 e. The Bertz CT molecular complexity index is 446. The molecule has 2 nitrogen and oxygen atoms in total. The summed E-state index contributed by atoms with van der Waals surface area (Å²) in [6, 6.07) is 6.21. The van der Waals surface area contributed by atoms with Gasteiger partial charge in [-0.05, 0) is 53.0 Å². The number of hydrogen-bond acceptors (Lipinski definition) is 2. The minimum Gasteiger partial charge on any atom is -0.491 e. The molecule has 0 aliphatic carbocycles. The van der Waals surface area contributed by atoms with Crippen molar-refractivity contribution in [2.24, 2.45) is 5.92 Å². The minimum atomic E-state index is 0.629. The zero-order chi connectivity index (χ0) is 14.1. The number of rotatable bonds is 7. The SMILES string of the molecule is CC#CCCOc1ccc(CNCC(C)C)cc1Br. The van der Waals surface area contributed by atoms with Crippen LogP contribution in [0.4, 0.5) is 0 Å². The summed E-state index contributed by atoms with van der Waals surface area (Å²) in [5.41, 5.74) is 1.26. The lowest BCUT2D eigenvalue weighted by molar-refractivity contribution is 0.325. The molecule has 0 heterocycles. The van der Waals surface area contributed by atoms with Crippen molar-refractivity contribution in [3.63, 3.8) is 0 Å². The number of nitrogens with one attached hydrogen (secondary N) is 1. The van der Waals surface area contributed by atoms with Gasteiger partial charge in [0.15, 0.2) is 0 Å². The van der Waals surface area contributed by atoms with Crippen molar-refractivity contribution < 1.29 is 4.74 Å². The third-order valence-electron chi connectivity index (χ3n) is 2.54. The fraction of sp³-hybridized carbons (Fsp3) is 0.500. The van der Waals surface area contributed by atoms with E-state index < -0.39 is 0 Å². The summed E-state index contributed by atoms with van der Waals surface area (Å²) >= 11 is 3.55. The monoisotopic (exact) mass is 323 g/mol. The van der Waals surface area contributed by atoms with E-state index in [0.29, 0.717) is 12.5 Å². The molecule has 0 unspecified atom stereocenters. The maximum atomic E-state index is 5.67. The van der Waals surface area contributed by atoms with Gasteiger partial charge in [0.1, 0.15) is 5.75 Å². The zero-order valence-corrected chi connectivity index (χ0v) is 13.5. The summed E-state index contributed by atoms with van der Waals surface area (Å²) in [5.74, 6) is 7.40. The first-order valence-corrected chi connectivity index (χ1v) is 7.44. The first-order chi connectivity index (χ1) is 9.13. The molecule has 0 aliphatic heterocycles. The predicted molar refractivity (Wildman–Crippen MR) is 84.2 cm³/mol. The van der Waals surface area contributed by atoms with Gasteiger partial charge >= 0.3 is 0 Å². The highest BCUT2D eigenvalue weighted by Gasteiger charge is 2.03. The van der Waals surface area contributed by atoms with E-state index in [1.807, 2.05) is 13.0 Å². The zero-order valence-electron chi connectivity index (χ0n) is 11.9. The van der Waals surface area contributed by atoms with Gasteiger partial charge < -0.3 is 10.1 Å². The molecule has 0 spiro atoms. The third kappa shape index (κ3) is 6.66. The Kier molecular flexibility index (Phi) is 7.62. The Morgan fingerprint density at radius 1 is 1.37 bits per heavy atom. The number of ether oxygens (including phenoxy) is 1. The second-order valence-corrected chi connectivity index (χ2v) is 5.67. The third-order valence-corrected chi connectivity index (χ3v) is 3.16. The Hall–Kier alpha value is -0.980. The first-order valence-electron chi connectivity index (χ1n) is 6.65. The van der Waals surface area contributed by atoms with Crippen molar-refractivity contribution >= 4 is 15.9 Å². The topological polar surface area (TPSA) is 21.3 Å². The predicted octanol–water partition coefficient (Wildman–Crippen LogP) is 3.99. The highest BCUT2D eigenvalue weighted by molar-refractivity contribution is 9.10. The summed E-state index contributed by atoms with van der Waals surface area (Å²) < 4.78 is 6.67. The second kappa shape index (κ2) is 9.01. The highest BCUT2D eigenvalue weighted by atomic mass is 79.9. The minimum absolute atomic E-state index is 0.629. The molecule has 104 valence electrons. The molecule has 0 aliphatic rings. The van der Waals surface area contributed by atoms with E-state index in [-0.39, 0.29) is 0 Å². The molecule has 1 N–H and O–H groups in total. The molecule has 0 radical (unpaired) electrons. The van der Waals surface area contributed by atoms with Crippen LogP contribution in [0, 0.1) is 17.8 Å². The highest BCUT2D eigenvalue weighted by Crippen LogP contribution is 2.26. The first kappa shape index (κ1) is 16.1. The Morgan fingerprint density at radius 3 is 2.79 bits per heavy atom. The van der Waals surface area contributed by atoms with Gasteiger partial charge in [-0.3, -0.25) is 0 Å². The Labute approximate surface area is 125 Å². The van der Waals surface area contributed by atoms with Gasteiger partial charge in [0, 0.05) is 13.0 Å². The van der Waals surface area contributed by atoms with Crippen LogP contribution in [-0.2, 0) is 6.54 Å². The van der Waals surface area contributed by atoms with Gasteiger partial charge in [0.2, 0.25) is 0 Å². The van der Waals surface area contributed by atoms with Gasteiger partial charge in [-0.25, -0.2) is 0 Å². The van der Waals surface area contributed by atoms with E-state index in [9.17, 15) is 0 Å². The van der Waals surface area contributed by atoms with E-state index in [1.165, 1.54) is 5.56 Å². The molecule has 19 heavy (non-hydrogen) atoms. The van der Waals surface area contributed by atoms with Crippen LogP contribution in [0.1, 0.15) is 32.8 Å². The van der Waals surface area contributed by atoms with Crippen molar-refractivity contribution in [1.82, 2.24) is 5.32 Å². The molecule has 0 fully saturated rings. The molecular weight excluding hydrogens is 302 g/mol. The fourth-order valence-corrected chi connectivity index (χ4v) is 2.15. The molecule has 0 atom stereocenters. The van der Waals surface area contributed by atoms with Crippen LogP contribution in [0.2, 0.25) is 0 Å². The number of hydrogen-bond donors (Lipinski definition) is 1.